The van der Waals surface area contributed by atoms with Crippen molar-refractivity contribution in [1.29, 1.82) is 0 Å². The van der Waals surface area contributed by atoms with Gasteiger partial charge in [0.25, 0.3) is 11.8 Å². The summed E-state index contributed by atoms with van der Waals surface area (Å²) in [5, 5.41) is 3.56. The van der Waals surface area contributed by atoms with E-state index in [9.17, 15) is 14.4 Å². The molecule has 0 aliphatic carbocycles. The molecule has 0 spiro atoms. The number of ether oxygens (including phenoxy) is 1. The molecular formula is C26H25FN6O4S. The third-order valence-corrected chi connectivity index (χ3v) is 7.29. The Hall–Kier alpha value is -4.29. The first-order chi connectivity index (χ1) is 18.4. The van der Waals surface area contributed by atoms with Crippen molar-refractivity contribution in [2.24, 2.45) is 5.73 Å². The van der Waals surface area contributed by atoms with Crippen LogP contribution in [0.4, 0.5) is 15.8 Å². The molecule has 2 atom stereocenters. The average Bonchev–Trinajstić information content (AvgIpc) is 3.66. The molecule has 1 aliphatic heterocycles. The number of fused-ring (bicyclic) bond motifs is 1. The Morgan fingerprint density at radius 3 is 2.68 bits per heavy atom. The number of nitrogens with zero attached hydrogens (tertiary/aromatic N) is 2. The van der Waals surface area contributed by atoms with Gasteiger partial charge in [-0.05, 0) is 42.6 Å². The Morgan fingerprint density at radius 1 is 1.21 bits per heavy atom. The number of para-hydroxylation sites is 2. The molecule has 0 bridgehead atoms. The molecule has 10 nitrogen and oxygen atoms in total. The number of hydrogen-bond acceptors (Lipinski definition) is 7. The number of anilines is 2. The minimum Gasteiger partial charge on any atom is -0.395 e. The maximum atomic E-state index is 15.3. The monoisotopic (exact) mass is 536 g/mol. The predicted octanol–water partition coefficient (Wildman–Crippen LogP) is 3.13. The number of nitrogens with two attached hydrogens (primary N) is 2. The number of nitrogen functional groups attached to an aromatic ring is 1. The summed E-state index contributed by atoms with van der Waals surface area (Å²) in [4.78, 5) is 43.7. The van der Waals surface area contributed by atoms with Crippen LogP contribution < -0.4 is 21.7 Å². The number of halogens is 1. The lowest BCUT2D eigenvalue weighted by molar-refractivity contribution is -0.123. The summed E-state index contributed by atoms with van der Waals surface area (Å²) in [7, 11) is 0. The minimum absolute atomic E-state index is 0.140. The van der Waals surface area contributed by atoms with E-state index in [1.54, 1.807) is 24.4 Å². The van der Waals surface area contributed by atoms with E-state index in [0.717, 1.165) is 23.3 Å². The maximum Gasteiger partial charge on any atom is 0.273 e. The van der Waals surface area contributed by atoms with Crippen LogP contribution in [-0.4, -0.2) is 46.3 Å². The van der Waals surface area contributed by atoms with Crippen molar-refractivity contribution in [3.05, 3.63) is 76.7 Å². The first-order valence-corrected chi connectivity index (χ1v) is 12.7. The van der Waals surface area contributed by atoms with Gasteiger partial charge in [0.15, 0.2) is 5.69 Å². The second-order valence-electron chi connectivity index (χ2n) is 8.84. The van der Waals surface area contributed by atoms with Crippen LogP contribution in [0.25, 0.3) is 10.9 Å². The van der Waals surface area contributed by atoms with E-state index in [1.165, 1.54) is 18.2 Å². The molecule has 0 saturated carbocycles. The molecule has 38 heavy (non-hydrogen) atoms. The number of hydrogen-bond donors (Lipinski definition) is 4. The van der Waals surface area contributed by atoms with Gasteiger partial charge in [-0.3, -0.25) is 19.3 Å². The number of benzene rings is 2. The smallest absolute Gasteiger partial charge is 0.273 e. The number of rotatable bonds is 8. The lowest BCUT2D eigenvalue weighted by atomic mass is 10.0. The Kier molecular flexibility index (Phi) is 7.07. The molecule has 2 aromatic carbocycles. The van der Waals surface area contributed by atoms with E-state index in [2.05, 4.69) is 14.7 Å². The highest BCUT2D eigenvalue weighted by atomic mass is 32.1. The Bertz CT molecular complexity index is 1510. The van der Waals surface area contributed by atoms with Gasteiger partial charge in [-0.25, -0.2) is 4.39 Å². The van der Waals surface area contributed by atoms with Crippen LogP contribution in [0.2, 0.25) is 0 Å². The second-order valence-corrected chi connectivity index (χ2v) is 9.61. The van der Waals surface area contributed by atoms with Gasteiger partial charge in [-0.2, -0.15) is 4.37 Å². The van der Waals surface area contributed by atoms with Crippen molar-refractivity contribution in [2.45, 2.75) is 25.0 Å². The summed E-state index contributed by atoms with van der Waals surface area (Å²) in [6.07, 6.45) is 3.14. The van der Waals surface area contributed by atoms with Gasteiger partial charge in [-0.1, -0.05) is 30.3 Å². The van der Waals surface area contributed by atoms with Gasteiger partial charge in [0.1, 0.15) is 16.7 Å². The van der Waals surface area contributed by atoms with E-state index in [0.29, 0.717) is 29.1 Å². The van der Waals surface area contributed by atoms with Gasteiger partial charge in [0.05, 0.1) is 17.5 Å². The summed E-state index contributed by atoms with van der Waals surface area (Å²) in [5.74, 6) is -2.98. The van der Waals surface area contributed by atoms with E-state index in [-0.39, 0.29) is 34.6 Å². The number of H-pyrrole nitrogens is 1. The molecule has 3 heterocycles. The fraction of sp³-hybridized carbons (Fsp3) is 0.231. The minimum atomic E-state index is -1.31. The molecule has 3 amide bonds. The van der Waals surface area contributed by atoms with E-state index < -0.39 is 29.6 Å². The van der Waals surface area contributed by atoms with Gasteiger partial charge in [0, 0.05) is 35.8 Å². The molecule has 0 radical (unpaired) electrons. The third-order valence-electron chi connectivity index (χ3n) is 6.44. The molecule has 1 aliphatic rings. The predicted molar refractivity (Wildman–Crippen MR) is 141 cm³/mol. The van der Waals surface area contributed by atoms with Crippen LogP contribution in [0.3, 0.4) is 0 Å². The number of carbonyl (C=O) groups is 3. The normalized spacial score (nSPS) is 15.9. The van der Waals surface area contributed by atoms with Crippen LogP contribution in [0, 0.1) is 5.82 Å². The summed E-state index contributed by atoms with van der Waals surface area (Å²) < 4.78 is 24.8. The molecule has 12 heteroatoms. The van der Waals surface area contributed by atoms with Crippen LogP contribution >= 0.6 is 11.5 Å². The quantitative estimate of drug-likeness (QED) is 0.271. The Morgan fingerprint density at radius 2 is 1.97 bits per heavy atom. The average molecular weight is 537 g/mol. The Labute approximate surface area is 220 Å². The molecule has 6 N–H and O–H groups in total. The Balaban J connectivity index is 1.66. The summed E-state index contributed by atoms with van der Waals surface area (Å²) >= 11 is 0.656. The van der Waals surface area contributed by atoms with Crippen molar-refractivity contribution in [3.63, 3.8) is 0 Å². The zero-order valence-corrected chi connectivity index (χ0v) is 21.0. The van der Waals surface area contributed by atoms with Crippen molar-refractivity contribution in [2.75, 3.05) is 23.8 Å². The van der Waals surface area contributed by atoms with Gasteiger partial charge >= 0.3 is 0 Å². The van der Waals surface area contributed by atoms with Crippen molar-refractivity contribution in [1.82, 2.24) is 14.7 Å². The first kappa shape index (κ1) is 25.4. The number of aromatic amines is 1. The molecule has 2 aromatic heterocycles. The summed E-state index contributed by atoms with van der Waals surface area (Å²) in [6.45, 7) is 0.838. The van der Waals surface area contributed by atoms with Gasteiger partial charge < -0.3 is 26.5 Å². The van der Waals surface area contributed by atoms with Crippen LogP contribution in [0.5, 0.6) is 0 Å². The van der Waals surface area contributed by atoms with Gasteiger partial charge in [-0.15, -0.1) is 0 Å². The molecule has 4 aromatic rings. The third kappa shape index (κ3) is 4.71. The number of amides is 3. The standard InChI is InChI=1S/C26H25FN6O4S/c27-17-8-2-4-10-19(17)33(26(36)23-20(28)21(24(29)34)32-38-23)22(25(35)31-12-14-6-5-11-37-14)16-13-30-18-9-3-1-7-15(16)18/h1-4,7-10,13-14,22,30H,5-6,11-12,28H2,(H2,29,34)(H,31,35)/t14-,22+/m0/s1. The molecule has 1 fully saturated rings. The zero-order valence-electron chi connectivity index (χ0n) is 20.1. The lowest BCUT2D eigenvalue weighted by Crippen LogP contribution is -2.46. The van der Waals surface area contributed by atoms with E-state index in [4.69, 9.17) is 16.2 Å². The van der Waals surface area contributed by atoms with Gasteiger partial charge in [0.2, 0.25) is 5.91 Å². The van der Waals surface area contributed by atoms with Crippen LogP contribution in [0.15, 0.2) is 54.7 Å². The molecular weight excluding hydrogens is 511 g/mol. The molecule has 0 unspecified atom stereocenters. The zero-order chi connectivity index (χ0) is 26.8. The molecule has 1 saturated heterocycles. The fourth-order valence-electron chi connectivity index (χ4n) is 4.59. The number of aromatic nitrogens is 2. The summed E-state index contributed by atoms with van der Waals surface area (Å²) in [6, 6.07) is 11.6. The fourth-order valence-corrected chi connectivity index (χ4v) is 5.33. The summed E-state index contributed by atoms with van der Waals surface area (Å²) in [5.41, 5.74) is 11.9. The van der Waals surface area contributed by atoms with Crippen molar-refractivity contribution in [3.8, 4) is 0 Å². The second kappa shape index (κ2) is 10.6. The SMILES string of the molecule is NC(=O)c1nsc(C(=O)N(c2ccccc2F)[C@@H](C(=O)NC[C@@H]2CCCO2)c2c[nH]c3ccccc23)c1N. The largest absolute Gasteiger partial charge is 0.395 e. The molecule has 5 rings (SSSR count). The highest BCUT2D eigenvalue weighted by Crippen LogP contribution is 2.36. The highest BCUT2D eigenvalue weighted by molar-refractivity contribution is 7.09. The first-order valence-electron chi connectivity index (χ1n) is 11.9. The van der Waals surface area contributed by atoms with Crippen molar-refractivity contribution < 1.29 is 23.5 Å². The molecule has 196 valence electrons. The van der Waals surface area contributed by atoms with Crippen LogP contribution in [-0.2, 0) is 9.53 Å². The van der Waals surface area contributed by atoms with E-state index in [1.807, 2.05) is 12.1 Å². The topological polar surface area (TPSA) is 156 Å². The number of carbonyl (C=O) groups excluding carboxylic acids is 3. The number of primary amides is 1. The lowest BCUT2D eigenvalue weighted by Gasteiger charge is -2.31. The highest BCUT2D eigenvalue weighted by Gasteiger charge is 2.38. The maximum absolute atomic E-state index is 15.3. The van der Waals surface area contributed by atoms with E-state index >= 15 is 4.39 Å². The van der Waals surface area contributed by atoms with Crippen molar-refractivity contribution >= 4 is 51.5 Å². The number of nitrogens with one attached hydrogen (secondary N) is 2. The van der Waals surface area contributed by atoms with Crippen LogP contribution in [0.1, 0.15) is 44.6 Å².